The van der Waals surface area contributed by atoms with Crippen molar-refractivity contribution in [1.82, 2.24) is 0 Å². The molecule has 0 aromatic carbocycles. The van der Waals surface area contributed by atoms with E-state index in [2.05, 4.69) is 10.8 Å². The van der Waals surface area contributed by atoms with Gasteiger partial charge in [0, 0.05) is 5.41 Å². The molecule has 0 saturated carbocycles. The lowest BCUT2D eigenvalue weighted by atomic mass is 10.6. The Morgan fingerprint density at radius 3 is 2.86 bits per heavy atom. The van der Waals surface area contributed by atoms with Gasteiger partial charge in [-0.25, -0.2) is 0 Å². The minimum Gasteiger partial charge on any atom is -0.186 e. The molecule has 1 radical (unpaired) electrons. The molecule has 0 saturated heterocycles. The van der Waals surface area contributed by atoms with Crippen LogP contribution < -0.4 is 0 Å². The van der Waals surface area contributed by atoms with E-state index in [0.717, 1.165) is 0 Å². The van der Waals surface area contributed by atoms with Gasteiger partial charge in [0.15, 0.2) is 0 Å². The molecule has 0 aromatic rings. The zero-order valence-electron chi connectivity index (χ0n) is 3.63. The van der Waals surface area contributed by atoms with Crippen LogP contribution in [0.15, 0.2) is 17.6 Å². The van der Waals surface area contributed by atoms with Crippen LogP contribution in [0.25, 0.3) is 0 Å². The Morgan fingerprint density at radius 1 is 1.71 bits per heavy atom. The summed E-state index contributed by atoms with van der Waals surface area (Å²) < 4.78 is 0. The SMILES string of the molecule is N#C[SH]1[C]=CC=C1. The summed E-state index contributed by atoms with van der Waals surface area (Å²) in [5.74, 6) is 0. The Labute approximate surface area is 45.3 Å². The van der Waals surface area contributed by atoms with Crippen molar-refractivity contribution >= 4 is 10.9 Å². The van der Waals surface area contributed by atoms with E-state index in [-0.39, 0.29) is 0 Å². The first-order valence-corrected chi connectivity index (χ1v) is 3.30. The summed E-state index contributed by atoms with van der Waals surface area (Å²) in [7, 11) is -0.623. The molecule has 2 heteroatoms. The summed E-state index contributed by atoms with van der Waals surface area (Å²) in [5, 5.41) is 15.1. The van der Waals surface area contributed by atoms with Crippen molar-refractivity contribution in [2.45, 2.75) is 0 Å². The lowest BCUT2D eigenvalue weighted by molar-refractivity contribution is 1.57. The second kappa shape index (κ2) is 1.85. The Balaban J connectivity index is 2.65. The minimum absolute atomic E-state index is 0.623. The van der Waals surface area contributed by atoms with Crippen LogP contribution in [0.1, 0.15) is 0 Å². The molecule has 1 nitrogen and oxygen atoms in total. The number of nitriles is 1. The molecule has 1 aliphatic heterocycles. The van der Waals surface area contributed by atoms with Gasteiger partial charge < -0.3 is 0 Å². The predicted octanol–water partition coefficient (Wildman–Crippen LogP) is 1.31. The average molecular weight is 110 g/mol. The van der Waals surface area contributed by atoms with Gasteiger partial charge in [-0.1, -0.05) is 6.08 Å². The Morgan fingerprint density at radius 2 is 2.57 bits per heavy atom. The van der Waals surface area contributed by atoms with Crippen molar-refractivity contribution < 1.29 is 0 Å². The molecule has 0 fully saturated rings. The molecule has 1 rings (SSSR count). The number of rotatable bonds is 0. The van der Waals surface area contributed by atoms with Gasteiger partial charge in [-0.2, -0.15) is 5.26 Å². The number of hydrogen-bond donors (Lipinski definition) is 1. The predicted molar refractivity (Wildman–Crippen MR) is 31.6 cm³/mol. The van der Waals surface area contributed by atoms with Gasteiger partial charge in [-0.15, -0.1) is 10.9 Å². The van der Waals surface area contributed by atoms with Crippen LogP contribution in [0.4, 0.5) is 0 Å². The van der Waals surface area contributed by atoms with Crippen LogP contribution in [0.3, 0.4) is 0 Å². The Kier molecular flexibility index (Phi) is 1.19. The molecule has 0 N–H and O–H groups in total. The standard InChI is InChI=1S/C5H4NS/c6-5-7-3-1-2-4-7/h1-3,7H. The minimum atomic E-state index is -0.623. The summed E-state index contributed by atoms with van der Waals surface area (Å²) in [5.41, 5.74) is 0. The van der Waals surface area contributed by atoms with Crippen molar-refractivity contribution in [3.8, 4) is 5.40 Å². The highest BCUT2D eigenvalue weighted by Gasteiger charge is 1.92. The molecule has 1 unspecified atom stereocenters. The van der Waals surface area contributed by atoms with E-state index in [4.69, 9.17) is 5.26 Å². The molecule has 0 bridgehead atoms. The number of thiol groups is 1. The van der Waals surface area contributed by atoms with Gasteiger partial charge >= 0.3 is 0 Å². The normalized spacial score (nSPS) is 20.1. The van der Waals surface area contributed by atoms with Gasteiger partial charge in [-0.3, -0.25) is 0 Å². The summed E-state index contributed by atoms with van der Waals surface area (Å²) in [4.78, 5) is 0. The van der Waals surface area contributed by atoms with E-state index in [1.807, 2.05) is 11.5 Å². The fraction of sp³-hybridized carbons (Fsp3) is 0. The molecular weight excluding hydrogens is 106 g/mol. The van der Waals surface area contributed by atoms with Gasteiger partial charge in [0.1, 0.15) is 5.40 Å². The molecule has 35 valence electrons. The van der Waals surface area contributed by atoms with E-state index in [0.29, 0.717) is 0 Å². The largest absolute Gasteiger partial charge is 0.186 e. The molecule has 1 atom stereocenters. The van der Waals surface area contributed by atoms with Gasteiger partial charge in [-0.05, 0) is 11.5 Å². The molecular formula is C5H4NS. The van der Waals surface area contributed by atoms with Crippen molar-refractivity contribution in [2.24, 2.45) is 0 Å². The molecule has 7 heavy (non-hydrogen) atoms. The van der Waals surface area contributed by atoms with E-state index >= 15 is 0 Å². The molecule has 1 heterocycles. The lowest BCUT2D eigenvalue weighted by Gasteiger charge is -1.86. The Hall–Kier alpha value is -0.680. The van der Waals surface area contributed by atoms with Crippen LogP contribution in [0.2, 0.25) is 0 Å². The second-order valence-electron chi connectivity index (χ2n) is 1.11. The van der Waals surface area contributed by atoms with Crippen LogP contribution in [0, 0.1) is 16.1 Å². The fourth-order valence-corrected chi connectivity index (χ4v) is 1.07. The van der Waals surface area contributed by atoms with Crippen molar-refractivity contribution in [3.63, 3.8) is 0 Å². The van der Waals surface area contributed by atoms with E-state index in [1.165, 1.54) is 0 Å². The first-order valence-electron chi connectivity index (χ1n) is 1.88. The zero-order valence-corrected chi connectivity index (χ0v) is 4.52. The average Bonchev–Trinajstić information content (AvgIpc) is 2.14. The van der Waals surface area contributed by atoms with Gasteiger partial charge in [0.05, 0.1) is 0 Å². The second-order valence-corrected chi connectivity index (χ2v) is 2.60. The summed E-state index contributed by atoms with van der Waals surface area (Å²) in [6, 6.07) is 0. The van der Waals surface area contributed by atoms with Crippen molar-refractivity contribution in [2.75, 3.05) is 0 Å². The molecule has 0 aliphatic carbocycles. The quantitative estimate of drug-likeness (QED) is 0.369. The van der Waals surface area contributed by atoms with Crippen LogP contribution in [-0.4, -0.2) is 0 Å². The zero-order chi connectivity index (χ0) is 5.11. The van der Waals surface area contributed by atoms with Crippen LogP contribution in [0.5, 0.6) is 0 Å². The molecule has 0 aromatic heterocycles. The fourth-order valence-electron chi connectivity index (χ4n) is 0.358. The third kappa shape index (κ3) is 0.847. The third-order valence-corrected chi connectivity index (χ3v) is 1.77. The highest BCUT2D eigenvalue weighted by Crippen LogP contribution is 2.28. The summed E-state index contributed by atoms with van der Waals surface area (Å²) in [6.45, 7) is 0. The lowest BCUT2D eigenvalue weighted by Crippen LogP contribution is -1.51. The number of nitrogens with zero attached hydrogens (tertiary/aromatic N) is 1. The maximum absolute atomic E-state index is 8.21. The van der Waals surface area contributed by atoms with Crippen molar-refractivity contribution in [3.05, 3.63) is 23.0 Å². The number of thiocyanates is 1. The van der Waals surface area contributed by atoms with Gasteiger partial charge in [0.2, 0.25) is 0 Å². The molecule has 1 aliphatic rings. The van der Waals surface area contributed by atoms with Crippen LogP contribution >= 0.6 is 10.9 Å². The summed E-state index contributed by atoms with van der Waals surface area (Å²) >= 11 is 0. The first-order chi connectivity index (χ1) is 3.43. The topological polar surface area (TPSA) is 23.8 Å². The number of allylic oxidation sites excluding steroid dienone is 2. The van der Waals surface area contributed by atoms with E-state index < -0.39 is 10.9 Å². The van der Waals surface area contributed by atoms with Gasteiger partial charge in [0.25, 0.3) is 0 Å². The smallest absolute Gasteiger partial charge is 0.118 e. The van der Waals surface area contributed by atoms with E-state index in [9.17, 15) is 0 Å². The maximum Gasteiger partial charge on any atom is 0.118 e. The monoisotopic (exact) mass is 110 g/mol. The highest BCUT2D eigenvalue weighted by atomic mass is 32.2. The third-order valence-electron chi connectivity index (χ3n) is 0.653. The molecule has 0 spiro atoms. The molecule has 0 amide bonds. The van der Waals surface area contributed by atoms with E-state index in [1.54, 1.807) is 6.08 Å². The van der Waals surface area contributed by atoms with Crippen molar-refractivity contribution in [1.29, 1.82) is 5.26 Å². The first kappa shape index (κ1) is 4.48. The highest BCUT2D eigenvalue weighted by molar-refractivity contribution is 8.25. The number of hydrogen-bond acceptors (Lipinski definition) is 1. The maximum atomic E-state index is 8.21. The van der Waals surface area contributed by atoms with Crippen LogP contribution in [-0.2, 0) is 0 Å². The summed E-state index contributed by atoms with van der Waals surface area (Å²) in [6.07, 6.45) is 3.64. The Bertz CT molecular complexity index is 140.